The maximum Gasteiger partial charge on any atom is 0.338 e. The molecule has 0 saturated carbocycles. The molecule has 0 aliphatic carbocycles. The van der Waals surface area contributed by atoms with Gasteiger partial charge in [0.2, 0.25) is 21.9 Å². The van der Waals surface area contributed by atoms with Gasteiger partial charge in [-0.05, 0) is 23.8 Å². The highest BCUT2D eigenvalue weighted by Gasteiger charge is 2.26. The van der Waals surface area contributed by atoms with Crippen LogP contribution in [0.1, 0.15) is 21.7 Å². The maximum absolute atomic E-state index is 13.2. The number of hydrogen-bond acceptors (Lipinski definition) is 10. The van der Waals surface area contributed by atoms with Crippen molar-refractivity contribution in [2.75, 3.05) is 25.6 Å². The molecule has 0 atom stereocenters. The molecule has 0 fully saturated rings. The highest BCUT2D eigenvalue weighted by atomic mass is 32.2. The summed E-state index contributed by atoms with van der Waals surface area (Å²) in [6.07, 6.45) is 0. The molecule has 0 amide bonds. The molecule has 0 unspecified atom stereocenters. The quantitative estimate of drug-likeness (QED) is 0.469. The van der Waals surface area contributed by atoms with E-state index in [-0.39, 0.29) is 47.1 Å². The normalized spacial score (nSPS) is 11.3. The lowest BCUT2D eigenvalue weighted by atomic mass is 10.2. The first kappa shape index (κ1) is 22.9. The highest BCUT2D eigenvalue weighted by Crippen LogP contribution is 2.28. The number of benzene rings is 2. The van der Waals surface area contributed by atoms with Crippen LogP contribution in [0.4, 0.5) is 11.9 Å². The molecule has 3 aromatic rings. The Balaban J connectivity index is 1.83. The van der Waals surface area contributed by atoms with E-state index in [1.54, 1.807) is 0 Å². The fraction of sp³-hybridized carbons (Fsp3) is 0.200. The Morgan fingerprint density at radius 2 is 1.69 bits per heavy atom. The standard InChI is InChI=1S/C20H22N6O5S/c1-26(11-13-6-4-3-5-7-13)32(28,29)16-10-14(8-9-15(16)30-2)18(27)31-12-17-23-19(21)25-20(22)24-17/h3-10H,11-12H2,1-2H3,(H4,21,22,23,24,25). The van der Waals surface area contributed by atoms with E-state index in [0.717, 1.165) is 5.56 Å². The first-order valence-corrected chi connectivity index (χ1v) is 10.8. The van der Waals surface area contributed by atoms with E-state index in [9.17, 15) is 13.2 Å². The minimum atomic E-state index is -3.98. The number of aromatic nitrogens is 3. The Morgan fingerprint density at radius 1 is 1.03 bits per heavy atom. The van der Waals surface area contributed by atoms with Crippen molar-refractivity contribution >= 4 is 27.9 Å². The molecular formula is C20H22N6O5S. The topological polar surface area (TPSA) is 164 Å². The Kier molecular flexibility index (Phi) is 6.85. The third-order valence-electron chi connectivity index (χ3n) is 4.38. The van der Waals surface area contributed by atoms with Crippen LogP contribution in [0.15, 0.2) is 53.4 Å². The van der Waals surface area contributed by atoms with Gasteiger partial charge in [-0.15, -0.1) is 0 Å². The number of hydrogen-bond donors (Lipinski definition) is 2. The fourth-order valence-corrected chi connectivity index (χ4v) is 4.17. The smallest absolute Gasteiger partial charge is 0.338 e. The summed E-state index contributed by atoms with van der Waals surface area (Å²) in [6.45, 7) is -0.180. The van der Waals surface area contributed by atoms with E-state index in [1.807, 2.05) is 30.3 Å². The number of nitrogens with zero attached hydrogens (tertiary/aromatic N) is 4. The zero-order chi connectivity index (χ0) is 23.3. The number of methoxy groups -OCH3 is 1. The van der Waals surface area contributed by atoms with Crippen LogP contribution in [0.2, 0.25) is 0 Å². The number of carbonyl (C=O) groups excluding carboxylic acids is 1. The van der Waals surface area contributed by atoms with Crippen LogP contribution in [0, 0.1) is 0 Å². The molecule has 168 valence electrons. The summed E-state index contributed by atoms with van der Waals surface area (Å²) in [5.41, 5.74) is 11.8. The number of rotatable bonds is 8. The zero-order valence-corrected chi connectivity index (χ0v) is 18.2. The molecular weight excluding hydrogens is 436 g/mol. The molecule has 0 radical (unpaired) electrons. The molecule has 12 heteroatoms. The van der Waals surface area contributed by atoms with Crippen molar-refractivity contribution in [3.63, 3.8) is 0 Å². The minimum Gasteiger partial charge on any atom is -0.495 e. The van der Waals surface area contributed by atoms with Crippen molar-refractivity contribution in [2.24, 2.45) is 0 Å². The number of ether oxygens (including phenoxy) is 2. The second-order valence-corrected chi connectivity index (χ2v) is 8.67. The summed E-state index contributed by atoms with van der Waals surface area (Å²) >= 11 is 0. The van der Waals surface area contributed by atoms with E-state index in [2.05, 4.69) is 15.0 Å². The van der Waals surface area contributed by atoms with Gasteiger partial charge in [0, 0.05) is 13.6 Å². The number of esters is 1. The second kappa shape index (κ2) is 9.58. The SMILES string of the molecule is COc1ccc(C(=O)OCc2nc(N)nc(N)n2)cc1S(=O)(=O)N(C)Cc1ccccc1. The number of anilines is 2. The van der Waals surface area contributed by atoms with Crippen molar-refractivity contribution in [1.29, 1.82) is 0 Å². The van der Waals surface area contributed by atoms with E-state index in [4.69, 9.17) is 20.9 Å². The molecule has 0 aliphatic heterocycles. The molecule has 0 saturated heterocycles. The van der Waals surface area contributed by atoms with Crippen LogP contribution in [-0.2, 0) is 27.9 Å². The second-order valence-electron chi connectivity index (χ2n) is 6.66. The van der Waals surface area contributed by atoms with Crippen LogP contribution in [0.5, 0.6) is 5.75 Å². The largest absolute Gasteiger partial charge is 0.495 e. The van der Waals surface area contributed by atoms with Crippen LogP contribution in [-0.4, -0.2) is 47.8 Å². The van der Waals surface area contributed by atoms with Crippen molar-refractivity contribution in [2.45, 2.75) is 18.0 Å². The van der Waals surface area contributed by atoms with Crippen LogP contribution in [0.25, 0.3) is 0 Å². The zero-order valence-electron chi connectivity index (χ0n) is 17.4. The summed E-state index contributed by atoms with van der Waals surface area (Å²) in [5, 5.41) is 0. The van der Waals surface area contributed by atoms with E-state index < -0.39 is 16.0 Å². The summed E-state index contributed by atoms with van der Waals surface area (Å²) < 4.78 is 37.9. The Morgan fingerprint density at radius 3 is 2.31 bits per heavy atom. The monoisotopic (exact) mass is 458 g/mol. The maximum atomic E-state index is 13.2. The Hall–Kier alpha value is -3.77. The van der Waals surface area contributed by atoms with Crippen LogP contribution < -0.4 is 16.2 Å². The summed E-state index contributed by atoms with van der Waals surface area (Å²) in [5.74, 6) is -0.843. The molecule has 1 heterocycles. The summed E-state index contributed by atoms with van der Waals surface area (Å²) in [6, 6.07) is 13.1. The van der Waals surface area contributed by atoms with E-state index in [1.165, 1.54) is 36.7 Å². The van der Waals surface area contributed by atoms with Gasteiger partial charge in [0.15, 0.2) is 12.4 Å². The molecule has 2 aromatic carbocycles. The molecule has 3 rings (SSSR count). The van der Waals surface area contributed by atoms with Gasteiger partial charge in [-0.25, -0.2) is 13.2 Å². The first-order chi connectivity index (χ1) is 15.2. The first-order valence-electron chi connectivity index (χ1n) is 9.32. The van der Waals surface area contributed by atoms with Gasteiger partial charge in [0.25, 0.3) is 0 Å². The van der Waals surface area contributed by atoms with Crippen LogP contribution in [0.3, 0.4) is 0 Å². The molecule has 1 aromatic heterocycles. The lowest BCUT2D eigenvalue weighted by Crippen LogP contribution is -2.27. The number of nitrogens with two attached hydrogens (primary N) is 2. The molecule has 0 aliphatic rings. The number of sulfonamides is 1. The number of nitrogen functional groups attached to an aromatic ring is 2. The van der Waals surface area contributed by atoms with Gasteiger partial charge in [-0.3, -0.25) is 0 Å². The van der Waals surface area contributed by atoms with E-state index >= 15 is 0 Å². The lowest BCUT2D eigenvalue weighted by molar-refractivity contribution is 0.0462. The Bertz CT molecular complexity index is 1200. The van der Waals surface area contributed by atoms with Crippen LogP contribution >= 0.6 is 0 Å². The lowest BCUT2D eigenvalue weighted by Gasteiger charge is -2.19. The van der Waals surface area contributed by atoms with Gasteiger partial charge in [-0.2, -0.15) is 19.3 Å². The molecule has 0 bridgehead atoms. The Labute approximate surface area is 185 Å². The molecule has 4 N–H and O–H groups in total. The van der Waals surface area contributed by atoms with Crippen molar-refractivity contribution in [3.8, 4) is 5.75 Å². The highest BCUT2D eigenvalue weighted by molar-refractivity contribution is 7.89. The average Bonchev–Trinajstić information content (AvgIpc) is 2.77. The van der Waals surface area contributed by atoms with Crippen molar-refractivity contribution in [3.05, 3.63) is 65.5 Å². The molecule has 11 nitrogen and oxygen atoms in total. The fourth-order valence-electron chi connectivity index (χ4n) is 2.83. The van der Waals surface area contributed by atoms with Gasteiger partial charge in [0.05, 0.1) is 12.7 Å². The molecule has 0 spiro atoms. The average molecular weight is 459 g/mol. The van der Waals surface area contributed by atoms with Crippen molar-refractivity contribution in [1.82, 2.24) is 19.3 Å². The van der Waals surface area contributed by atoms with Gasteiger partial charge in [0.1, 0.15) is 10.6 Å². The summed E-state index contributed by atoms with van der Waals surface area (Å²) in [4.78, 5) is 23.6. The molecule has 32 heavy (non-hydrogen) atoms. The third kappa shape index (κ3) is 5.28. The van der Waals surface area contributed by atoms with Crippen molar-refractivity contribution < 1.29 is 22.7 Å². The third-order valence-corrected chi connectivity index (χ3v) is 6.21. The number of carbonyl (C=O) groups is 1. The van der Waals surface area contributed by atoms with Gasteiger partial charge >= 0.3 is 5.97 Å². The van der Waals surface area contributed by atoms with Gasteiger partial charge in [-0.1, -0.05) is 30.3 Å². The minimum absolute atomic E-state index is 0.00693. The van der Waals surface area contributed by atoms with Gasteiger partial charge < -0.3 is 20.9 Å². The summed E-state index contributed by atoms with van der Waals surface area (Å²) in [7, 11) is -1.19. The predicted molar refractivity (Wildman–Crippen MR) is 116 cm³/mol. The predicted octanol–water partition coefficient (Wildman–Crippen LogP) is 1.22. The van der Waals surface area contributed by atoms with E-state index in [0.29, 0.717) is 0 Å².